The van der Waals surface area contributed by atoms with Crippen molar-refractivity contribution in [2.45, 2.75) is 12.7 Å². The molecular weight excluding hydrogens is 333 g/mol. The lowest BCUT2D eigenvalue weighted by Crippen LogP contribution is -2.43. The molecule has 0 bridgehead atoms. The van der Waals surface area contributed by atoms with E-state index >= 15 is 0 Å². The molecule has 0 amide bonds. The van der Waals surface area contributed by atoms with E-state index in [1.165, 1.54) is 0 Å². The average Bonchev–Trinajstić information content (AvgIpc) is 2.57. The number of hydrogen-bond acceptors (Lipinski definition) is 6. The summed E-state index contributed by atoms with van der Waals surface area (Å²) in [6.07, 6.45) is -4.49. The first-order chi connectivity index (χ1) is 11.8. The first kappa shape index (κ1) is 18.7. The molecule has 1 aromatic carbocycles. The van der Waals surface area contributed by atoms with E-state index in [4.69, 9.17) is 10.5 Å². The molecule has 9 heteroatoms. The van der Waals surface area contributed by atoms with Crippen LogP contribution in [-0.2, 0) is 12.7 Å². The van der Waals surface area contributed by atoms with E-state index in [1.54, 1.807) is 18.2 Å². The summed E-state index contributed by atoms with van der Waals surface area (Å²) in [7, 11) is 2.00. The minimum Gasteiger partial charge on any atom is -0.304 e. The maximum atomic E-state index is 13.1. The summed E-state index contributed by atoms with van der Waals surface area (Å²) in [4.78, 5) is 4.24. The minimum absolute atomic E-state index is 0.0851. The zero-order chi connectivity index (χ0) is 18.4. The van der Waals surface area contributed by atoms with Crippen LogP contribution in [-0.4, -0.2) is 48.7 Å². The van der Waals surface area contributed by atoms with Crippen LogP contribution in [0.2, 0.25) is 0 Å². The predicted octanol–water partition coefficient (Wildman–Crippen LogP) is 2.27. The first-order valence-corrected chi connectivity index (χ1v) is 7.58. The number of hydrazone groups is 1. The SMILES string of the molecule is CN1CCN(Cc2cc(NN=C(C#N)C#N)cc(C(F)(F)F)c2)CC1. The minimum atomic E-state index is -4.49. The average molecular weight is 350 g/mol. The van der Waals surface area contributed by atoms with Crippen LogP contribution in [0.5, 0.6) is 0 Å². The van der Waals surface area contributed by atoms with Gasteiger partial charge in [-0.2, -0.15) is 28.8 Å². The fraction of sp³-hybridized carbons (Fsp3) is 0.438. The largest absolute Gasteiger partial charge is 0.416 e. The van der Waals surface area contributed by atoms with Crippen molar-refractivity contribution >= 4 is 11.4 Å². The van der Waals surface area contributed by atoms with Crippen molar-refractivity contribution in [1.82, 2.24) is 9.80 Å². The third-order valence-electron chi connectivity index (χ3n) is 3.83. The Morgan fingerprint density at radius 1 is 1.16 bits per heavy atom. The Balaban J connectivity index is 2.23. The van der Waals surface area contributed by atoms with E-state index in [2.05, 4.69) is 20.3 Å². The Hall–Kier alpha value is -2.62. The number of nitrogens with one attached hydrogen (secondary N) is 1. The highest BCUT2D eigenvalue weighted by atomic mass is 19.4. The Bertz CT molecular complexity index is 705. The molecule has 0 radical (unpaired) electrons. The van der Waals surface area contributed by atoms with E-state index in [1.807, 2.05) is 7.05 Å². The number of likely N-dealkylation sites (N-methyl/N-ethyl adjacent to an activating group) is 1. The monoisotopic (exact) mass is 350 g/mol. The molecule has 0 spiro atoms. The lowest BCUT2D eigenvalue weighted by Gasteiger charge is -2.32. The van der Waals surface area contributed by atoms with Crippen LogP contribution in [0.3, 0.4) is 0 Å². The molecule has 0 aliphatic carbocycles. The van der Waals surface area contributed by atoms with Gasteiger partial charge in [0.05, 0.1) is 11.3 Å². The van der Waals surface area contributed by atoms with Crippen molar-refractivity contribution in [3.63, 3.8) is 0 Å². The van der Waals surface area contributed by atoms with Crippen molar-refractivity contribution in [3.8, 4) is 12.1 Å². The van der Waals surface area contributed by atoms with Crippen molar-refractivity contribution < 1.29 is 13.2 Å². The fourth-order valence-corrected chi connectivity index (χ4v) is 2.47. The number of piperazine rings is 1. The van der Waals surface area contributed by atoms with Gasteiger partial charge in [-0.05, 0) is 30.8 Å². The van der Waals surface area contributed by atoms with Gasteiger partial charge in [0.15, 0.2) is 0 Å². The Labute approximate surface area is 143 Å². The lowest BCUT2D eigenvalue weighted by molar-refractivity contribution is -0.137. The zero-order valence-corrected chi connectivity index (χ0v) is 13.6. The highest BCUT2D eigenvalue weighted by Gasteiger charge is 2.31. The van der Waals surface area contributed by atoms with Gasteiger partial charge in [-0.25, -0.2) is 0 Å². The summed E-state index contributed by atoms with van der Waals surface area (Å²) < 4.78 is 39.4. The molecule has 1 aliphatic heterocycles. The number of nitriles is 2. The zero-order valence-electron chi connectivity index (χ0n) is 13.6. The second kappa shape index (κ2) is 7.97. The number of rotatable bonds is 4. The number of halogens is 3. The van der Waals surface area contributed by atoms with Crippen LogP contribution in [0.4, 0.5) is 18.9 Å². The normalized spacial score (nSPS) is 15.9. The van der Waals surface area contributed by atoms with Gasteiger partial charge in [0.2, 0.25) is 5.71 Å². The van der Waals surface area contributed by atoms with E-state index in [-0.39, 0.29) is 5.69 Å². The van der Waals surface area contributed by atoms with Crippen LogP contribution >= 0.6 is 0 Å². The van der Waals surface area contributed by atoms with Gasteiger partial charge in [-0.3, -0.25) is 10.3 Å². The summed E-state index contributed by atoms with van der Waals surface area (Å²) in [6, 6.07) is 6.65. The van der Waals surface area contributed by atoms with Crippen molar-refractivity contribution in [3.05, 3.63) is 29.3 Å². The van der Waals surface area contributed by atoms with E-state index in [0.29, 0.717) is 12.1 Å². The predicted molar refractivity (Wildman–Crippen MR) is 86.5 cm³/mol. The molecule has 0 atom stereocenters. The third kappa shape index (κ3) is 5.45. The molecule has 1 aromatic rings. The first-order valence-electron chi connectivity index (χ1n) is 7.58. The van der Waals surface area contributed by atoms with Gasteiger partial charge in [0.25, 0.3) is 0 Å². The van der Waals surface area contributed by atoms with Crippen molar-refractivity contribution in [2.75, 3.05) is 38.7 Å². The molecule has 1 aliphatic rings. The molecule has 1 N–H and O–H groups in total. The molecule has 2 rings (SSSR count). The highest BCUT2D eigenvalue weighted by Crippen LogP contribution is 2.32. The van der Waals surface area contributed by atoms with Crippen LogP contribution in [0.1, 0.15) is 11.1 Å². The Morgan fingerprint density at radius 3 is 2.36 bits per heavy atom. The summed E-state index contributed by atoms with van der Waals surface area (Å²) in [5, 5.41) is 20.8. The second-order valence-corrected chi connectivity index (χ2v) is 5.79. The van der Waals surface area contributed by atoms with Crippen LogP contribution in [0, 0.1) is 22.7 Å². The number of benzene rings is 1. The molecule has 0 unspecified atom stereocenters. The summed E-state index contributed by atoms with van der Waals surface area (Å²) in [5.74, 6) is 0. The van der Waals surface area contributed by atoms with Crippen LogP contribution < -0.4 is 5.43 Å². The molecule has 0 aromatic heterocycles. The van der Waals surface area contributed by atoms with Crippen LogP contribution in [0.25, 0.3) is 0 Å². The molecular formula is C16H17F3N6. The van der Waals surface area contributed by atoms with E-state index < -0.39 is 17.5 Å². The van der Waals surface area contributed by atoms with Crippen LogP contribution in [0.15, 0.2) is 23.3 Å². The molecule has 1 heterocycles. The Morgan fingerprint density at radius 2 is 1.80 bits per heavy atom. The molecule has 1 fully saturated rings. The number of alkyl halides is 3. The molecule has 132 valence electrons. The smallest absolute Gasteiger partial charge is 0.304 e. The van der Waals surface area contributed by atoms with Gasteiger partial charge >= 0.3 is 6.18 Å². The van der Waals surface area contributed by atoms with Gasteiger partial charge < -0.3 is 4.90 Å². The van der Waals surface area contributed by atoms with E-state index in [0.717, 1.165) is 38.3 Å². The summed E-state index contributed by atoms with van der Waals surface area (Å²) >= 11 is 0. The van der Waals surface area contributed by atoms with Gasteiger partial charge in [0, 0.05) is 32.7 Å². The Kier molecular flexibility index (Phi) is 5.97. The molecule has 0 saturated carbocycles. The van der Waals surface area contributed by atoms with Crippen molar-refractivity contribution in [1.29, 1.82) is 10.5 Å². The maximum Gasteiger partial charge on any atom is 0.416 e. The lowest BCUT2D eigenvalue weighted by atomic mass is 10.1. The fourth-order valence-electron chi connectivity index (χ4n) is 2.47. The second-order valence-electron chi connectivity index (χ2n) is 5.79. The quantitative estimate of drug-likeness (QED) is 0.666. The van der Waals surface area contributed by atoms with Crippen molar-refractivity contribution in [2.24, 2.45) is 5.10 Å². The van der Waals surface area contributed by atoms with Gasteiger partial charge in [-0.1, -0.05) is 0 Å². The number of hydrogen-bond donors (Lipinski definition) is 1. The number of anilines is 1. The summed E-state index contributed by atoms with van der Waals surface area (Å²) in [5.41, 5.74) is 1.68. The molecule has 25 heavy (non-hydrogen) atoms. The highest BCUT2D eigenvalue weighted by molar-refractivity contribution is 6.10. The molecule has 1 saturated heterocycles. The van der Waals surface area contributed by atoms with Gasteiger partial charge in [0.1, 0.15) is 12.1 Å². The van der Waals surface area contributed by atoms with E-state index in [9.17, 15) is 13.2 Å². The summed E-state index contributed by atoms with van der Waals surface area (Å²) in [6.45, 7) is 3.67. The topological polar surface area (TPSA) is 78.4 Å². The maximum absolute atomic E-state index is 13.1. The molecule has 6 nitrogen and oxygen atoms in total. The number of nitrogens with zero attached hydrogens (tertiary/aromatic N) is 5. The van der Waals surface area contributed by atoms with Gasteiger partial charge in [-0.15, -0.1) is 0 Å². The standard InChI is InChI=1S/C16H17F3N6/c1-24-2-4-25(5-3-24)11-12-6-13(16(17,18)19)8-14(7-12)22-23-15(9-20)10-21/h6-8,22H,2-5,11H2,1H3. The third-order valence-corrected chi connectivity index (χ3v) is 3.83.